The van der Waals surface area contributed by atoms with Crippen molar-refractivity contribution in [2.75, 3.05) is 5.73 Å². The third-order valence-corrected chi connectivity index (χ3v) is 3.47. The molecule has 0 aliphatic rings. The molecule has 0 bridgehead atoms. The Kier molecular flexibility index (Phi) is 4.24. The number of carboxylic acid groups (broad SMARTS) is 1. The van der Waals surface area contributed by atoms with Gasteiger partial charge in [0.2, 0.25) is 0 Å². The largest absolute Gasteiger partial charge is 0.478 e. The second kappa shape index (κ2) is 5.85. The first-order valence-electron chi connectivity index (χ1n) is 7.10. The average molecular weight is 316 g/mol. The van der Waals surface area contributed by atoms with E-state index in [1.807, 2.05) is 0 Å². The number of carboxylic acids is 1. The van der Waals surface area contributed by atoms with Crippen molar-refractivity contribution >= 4 is 17.6 Å². The number of Topliss-reactive ketones (excluding diaryl/α,β-unsaturated/α-hetero) is 1. The smallest absolute Gasteiger partial charge is 0.335 e. The molecule has 122 valence electrons. The summed E-state index contributed by atoms with van der Waals surface area (Å²) in [6.07, 6.45) is 0. The number of ketones is 1. The number of imidazole rings is 1. The standard InChI is InChI=1S/C16H20N4O3/c1-16(2,3)12(21)11-13(18)20-14(19-11)10(17)8-4-6-9(7-5-8)15(22)23/h4-7,10H,17-18H2,1-3H3,(H,19,20)(H,22,23). The first-order valence-corrected chi connectivity index (χ1v) is 7.10. The molecule has 0 aliphatic heterocycles. The molecule has 0 fully saturated rings. The van der Waals surface area contributed by atoms with Crippen LogP contribution in [0.2, 0.25) is 0 Å². The van der Waals surface area contributed by atoms with Crippen molar-refractivity contribution in [1.29, 1.82) is 0 Å². The number of benzene rings is 1. The van der Waals surface area contributed by atoms with Crippen LogP contribution in [0.3, 0.4) is 0 Å². The Hall–Kier alpha value is -2.67. The first-order chi connectivity index (χ1) is 10.6. The zero-order valence-corrected chi connectivity index (χ0v) is 13.3. The van der Waals surface area contributed by atoms with Crippen LogP contribution in [0, 0.1) is 5.41 Å². The summed E-state index contributed by atoms with van der Waals surface area (Å²) in [5.41, 5.74) is 12.4. The van der Waals surface area contributed by atoms with Gasteiger partial charge in [0.1, 0.15) is 11.5 Å². The number of carbonyl (C=O) groups is 2. The molecule has 1 unspecified atom stereocenters. The second-order valence-corrected chi connectivity index (χ2v) is 6.37. The van der Waals surface area contributed by atoms with Crippen LogP contribution < -0.4 is 11.5 Å². The molecule has 7 nitrogen and oxygen atoms in total. The third-order valence-electron chi connectivity index (χ3n) is 3.47. The van der Waals surface area contributed by atoms with Gasteiger partial charge in [-0.1, -0.05) is 32.9 Å². The predicted molar refractivity (Wildman–Crippen MR) is 86.2 cm³/mol. The fourth-order valence-corrected chi connectivity index (χ4v) is 2.09. The fraction of sp³-hybridized carbons (Fsp3) is 0.312. The van der Waals surface area contributed by atoms with E-state index in [2.05, 4.69) is 9.97 Å². The molecule has 0 radical (unpaired) electrons. The summed E-state index contributed by atoms with van der Waals surface area (Å²) < 4.78 is 0. The van der Waals surface area contributed by atoms with Gasteiger partial charge in [0.05, 0.1) is 11.6 Å². The van der Waals surface area contributed by atoms with Gasteiger partial charge in [0, 0.05) is 5.41 Å². The Morgan fingerprint density at radius 3 is 2.26 bits per heavy atom. The number of aromatic amines is 1. The van der Waals surface area contributed by atoms with E-state index in [4.69, 9.17) is 16.6 Å². The maximum Gasteiger partial charge on any atom is 0.335 e. The average Bonchev–Trinajstić information content (AvgIpc) is 2.86. The van der Waals surface area contributed by atoms with Gasteiger partial charge >= 0.3 is 5.97 Å². The summed E-state index contributed by atoms with van der Waals surface area (Å²) >= 11 is 0. The number of aromatic nitrogens is 2. The van der Waals surface area contributed by atoms with E-state index >= 15 is 0 Å². The van der Waals surface area contributed by atoms with Crippen LogP contribution >= 0.6 is 0 Å². The summed E-state index contributed by atoms with van der Waals surface area (Å²) in [4.78, 5) is 30.2. The molecule has 0 spiro atoms. The zero-order chi connectivity index (χ0) is 17.4. The molecule has 1 heterocycles. The predicted octanol–water partition coefficient (Wildman–Crippen LogP) is 1.97. The van der Waals surface area contributed by atoms with Crippen LogP contribution in [0.4, 0.5) is 5.82 Å². The lowest BCUT2D eigenvalue weighted by Crippen LogP contribution is -2.22. The Labute approximate surface area is 133 Å². The molecule has 6 N–H and O–H groups in total. The number of aromatic carboxylic acids is 1. The highest BCUT2D eigenvalue weighted by Gasteiger charge is 2.28. The monoisotopic (exact) mass is 316 g/mol. The molecule has 23 heavy (non-hydrogen) atoms. The van der Waals surface area contributed by atoms with Crippen LogP contribution in [0.15, 0.2) is 24.3 Å². The zero-order valence-electron chi connectivity index (χ0n) is 13.3. The molecule has 2 rings (SSSR count). The number of carbonyl (C=O) groups excluding carboxylic acids is 1. The lowest BCUT2D eigenvalue weighted by Gasteiger charge is -2.15. The lowest BCUT2D eigenvalue weighted by atomic mass is 9.89. The molecule has 0 saturated heterocycles. The Balaban J connectivity index is 2.32. The first kappa shape index (κ1) is 16.7. The molecule has 1 aromatic carbocycles. The van der Waals surface area contributed by atoms with Gasteiger partial charge in [-0.25, -0.2) is 9.78 Å². The molecule has 1 aromatic heterocycles. The number of nitrogens with zero attached hydrogens (tertiary/aromatic N) is 1. The number of nitrogen functional groups attached to an aromatic ring is 1. The minimum absolute atomic E-state index is 0.109. The number of H-pyrrole nitrogens is 1. The van der Waals surface area contributed by atoms with Gasteiger partial charge in [-0.3, -0.25) is 4.79 Å². The number of anilines is 1. The van der Waals surface area contributed by atoms with E-state index in [0.717, 1.165) is 0 Å². The van der Waals surface area contributed by atoms with Gasteiger partial charge in [-0.15, -0.1) is 0 Å². The molecule has 0 amide bonds. The highest BCUT2D eigenvalue weighted by molar-refractivity contribution is 6.01. The quantitative estimate of drug-likeness (QED) is 0.637. The Morgan fingerprint density at radius 1 is 1.22 bits per heavy atom. The molecule has 1 atom stereocenters. The summed E-state index contributed by atoms with van der Waals surface area (Å²) in [7, 11) is 0. The van der Waals surface area contributed by atoms with Crippen molar-refractivity contribution < 1.29 is 14.7 Å². The topological polar surface area (TPSA) is 135 Å². The summed E-state index contributed by atoms with van der Waals surface area (Å²) in [5.74, 6) is -0.691. The maximum absolute atomic E-state index is 12.3. The molecule has 7 heteroatoms. The third kappa shape index (κ3) is 3.40. The Bertz CT molecular complexity index is 742. The summed E-state index contributed by atoms with van der Waals surface area (Å²) in [6.45, 7) is 5.37. The number of nitrogens with one attached hydrogen (secondary N) is 1. The molecular weight excluding hydrogens is 296 g/mol. The van der Waals surface area contributed by atoms with Crippen LogP contribution in [0.1, 0.15) is 59.0 Å². The highest BCUT2D eigenvalue weighted by atomic mass is 16.4. The minimum atomic E-state index is -1.01. The maximum atomic E-state index is 12.3. The number of hydrogen-bond acceptors (Lipinski definition) is 5. The normalized spacial score (nSPS) is 12.9. The van der Waals surface area contributed by atoms with E-state index in [-0.39, 0.29) is 22.9 Å². The van der Waals surface area contributed by atoms with Crippen molar-refractivity contribution in [3.05, 3.63) is 46.9 Å². The van der Waals surface area contributed by atoms with Gasteiger partial charge in [0.15, 0.2) is 11.6 Å². The summed E-state index contributed by atoms with van der Waals surface area (Å²) in [6, 6.07) is 5.51. The molecule has 0 saturated carbocycles. The van der Waals surface area contributed by atoms with E-state index in [9.17, 15) is 9.59 Å². The SMILES string of the molecule is CC(C)(C)C(=O)c1[nH]c(C(N)c2ccc(C(=O)O)cc2)nc1N. The van der Waals surface area contributed by atoms with E-state index in [1.165, 1.54) is 12.1 Å². The van der Waals surface area contributed by atoms with Crippen LogP contribution in [-0.2, 0) is 0 Å². The van der Waals surface area contributed by atoms with Crippen molar-refractivity contribution in [3.63, 3.8) is 0 Å². The number of hydrogen-bond donors (Lipinski definition) is 4. The minimum Gasteiger partial charge on any atom is -0.478 e. The van der Waals surface area contributed by atoms with Gasteiger partial charge < -0.3 is 21.6 Å². The second-order valence-electron chi connectivity index (χ2n) is 6.37. The van der Waals surface area contributed by atoms with Gasteiger partial charge in [0.25, 0.3) is 0 Å². The van der Waals surface area contributed by atoms with E-state index in [0.29, 0.717) is 11.4 Å². The molecule has 0 aliphatic carbocycles. The summed E-state index contributed by atoms with van der Waals surface area (Å²) in [5, 5.41) is 8.90. The van der Waals surface area contributed by atoms with Crippen LogP contribution in [0.5, 0.6) is 0 Å². The van der Waals surface area contributed by atoms with Crippen LogP contribution in [-0.4, -0.2) is 26.8 Å². The van der Waals surface area contributed by atoms with Gasteiger partial charge in [-0.05, 0) is 17.7 Å². The van der Waals surface area contributed by atoms with E-state index in [1.54, 1.807) is 32.9 Å². The van der Waals surface area contributed by atoms with Crippen molar-refractivity contribution in [2.45, 2.75) is 26.8 Å². The highest BCUT2D eigenvalue weighted by Crippen LogP contribution is 2.26. The van der Waals surface area contributed by atoms with Crippen LogP contribution in [0.25, 0.3) is 0 Å². The number of rotatable bonds is 4. The lowest BCUT2D eigenvalue weighted by molar-refractivity contribution is 0.0696. The van der Waals surface area contributed by atoms with Crippen molar-refractivity contribution in [3.8, 4) is 0 Å². The molecular formula is C16H20N4O3. The number of nitrogens with two attached hydrogens (primary N) is 2. The van der Waals surface area contributed by atoms with E-state index < -0.39 is 17.4 Å². The van der Waals surface area contributed by atoms with Crippen molar-refractivity contribution in [1.82, 2.24) is 9.97 Å². The Morgan fingerprint density at radius 2 is 1.78 bits per heavy atom. The van der Waals surface area contributed by atoms with Crippen molar-refractivity contribution in [2.24, 2.45) is 11.1 Å². The fourth-order valence-electron chi connectivity index (χ4n) is 2.09. The van der Waals surface area contributed by atoms with Gasteiger partial charge in [-0.2, -0.15) is 0 Å². The molecule has 2 aromatic rings.